The molecule has 0 aliphatic heterocycles. The van der Waals surface area contributed by atoms with Gasteiger partial charge >= 0.3 is 0 Å². The number of nitrogens with one attached hydrogen (secondary N) is 2. The fourth-order valence-electron chi connectivity index (χ4n) is 1.06. The van der Waals surface area contributed by atoms with Crippen LogP contribution in [0.3, 0.4) is 0 Å². The van der Waals surface area contributed by atoms with Crippen molar-refractivity contribution in [2.45, 2.75) is 6.92 Å². The summed E-state index contributed by atoms with van der Waals surface area (Å²) >= 11 is 0. The van der Waals surface area contributed by atoms with Crippen molar-refractivity contribution in [3.63, 3.8) is 0 Å². The number of hydrogen-bond donors (Lipinski definition) is 2. The van der Waals surface area contributed by atoms with Gasteiger partial charge in [0, 0.05) is 14.1 Å². The van der Waals surface area contributed by atoms with Gasteiger partial charge < -0.3 is 15.3 Å². The predicted molar refractivity (Wildman–Crippen MR) is 45.3 cm³/mol. The lowest BCUT2D eigenvalue weighted by atomic mass is 10.3. The summed E-state index contributed by atoms with van der Waals surface area (Å²) in [6, 6.07) is 0. The minimum atomic E-state index is 0.523. The number of anilines is 1. The molecule has 60 valence electrons. The van der Waals surface area contributed by atoms with E-state index in [0.29, 0.717) is 5.71 Å². The van der Waals surface area contributed by atoms with E-state index in [0.717, 1.165) is 11.5 Å². The van der Waals surface area contributed by atoms with E-state index in [4.69, 9.17) is 5.41 Å². The molecule has 0 amide bonds. The highest BCUT2D eigenvalue weighted by Gasteiger charge is 2.07. The van der Waals surface area contributed by atoms with Gasteiger partial charge in [-0.2, -0.15) is 0 Å². The highest BCUT2D eigenvalue weighted by molar-refractivity contribution is 5.98. The lowest BCUT2D eigenvalue weighted by Gasteiger charge is -2.01. The smallest absolute Gasteiger partial charge is 0.153 e. The first kappa shape index (κ1) is 7.78. The number of aryl methyl sites for hydroxylation is 1. The Morgan fingerprint density at radius 3 is 2.73 bits per heavy atom. The molecule has 0 spiro atoms. The van der Waals surface area contributed by atoms with Gasteiger partial charge in [0.1, 0.15) is 5.69 Å². The Bertz CT molecular complexity index is 274. The molecule has 1 rings (SSSR count). The summed E-state index contributed by atoms with van der Waals surface area (Å²) in [6.45, 7) is 1.75. The van der Waals surface area contributed by atoms with Crippen molar-refractivity contribution in [1.82, 2.24) is 9.55 Å². The number of imidazole rings is 1. The molecule has 0 fully saturated rings. The molecule has 0 bridgehead atoms. The van der Waals surface area contributed by atoms with Crippen LogP contribution in [0.15, 0.2) is 6.33 Å². The molecule has 0 aromatic carbocycles. The van der Waals surface area contributed by atoms with Crippen molar-refractivity contribution < 1.29 is 0 Å². The van der Waals surface area contributed by atoms with Crippen molar-refractivity contribution in [3.8, 4) is 0 Å². The van der Waals surface area contributed by atoms with Crippen LogP contribution in [0.4, 0.5) is 5.82 Å². The molecular formula is C7H12N4. The second-order valence-electron chi connectivity index (χ2n) is 2.43. The van der Waals surface area contributed by atoms with E-state index < -0.39 is 0 Å². The first-order valence-corrected chi connectivity index (χ1v) is 3.41. The van der Waals surface area contributed by atoms with Crippen LogP contribution in [0.1, 0.15) is 12.6 Å². The number of aromatic nitrogens is 2. The average Bonchev–Trinajstić information content (AvgIpc) is 2.30. The fourth-order valence-corrected chi connectivity index (χ4v) is 1.06. The van der Waals surface area contributed by atoms with Gasteiger partial charge in [-0.05, 0) is 6.92 Å². The SMILES string of the molecule is CNc1ncn(C)c1C(C)=N. The van der Waals surface area contributed by atoms with Crippen molar-refractivity contribution in [2.24, 2.45) is 7.05 Å². The summed E-state index contributed by atoms with van der Waals surface area (Å²) < 4.78 is 1.83. The average molecular weight is 152 g/mol. The summed E-state index contributed by atoms with van der Waals surface area (Å²) in [5.41, 5.74) is 1.36. The molecule has 0 atom stereocenters. The highest BCUT2D eigenvalue weighted by Crippen LogP contribution is 2.11. The number of hydrogen-bond acceptors (Lipinski definition) is 3. The third kappa shape index (κ3) is 1.24. The van der Waals surface area contributed by atoms with Crippen molar-refractivity contribution in [1.29, 1.82) is 5.41 Å². The molecule has 0 radical (unpaired) electrons. The Morgan fingerprint density at radius 1 is 1.73 bits per heavy atom. The topological polar surface area (TPSA) is 53.7 Å². The molecule has 1 heterocycles. The normalized spacial score (nSPS) is 9.73. The van der Waals surface area contributed by atoms with Crippen molar-refractivity contribution in [2.75, 3.05) is 12.4 Å². The molecule has 4 heteroatoms. The lowest BCUT2D eigenvalue weighted by molar-refractivity contribution is 0.900. The van der Waals surface area contributed by atoms with E-state index in [2.05, 4.69) is 10.3 Å². The summed E-state index contributed by atoms with van der Waals surface area (Å²) in [6.07, 6.45) is 1.69. The minimum Gasteiger partial charge on any atom is -0.371 e. The Balaban J connectivity index is 3.17. The molecule has 0 saturated carbocycles. The first-order valence-electron chi connectivity index (χ1n) is 3.41. The van der Waals surface area contributed by atoms with Gasteiger partial charge in [0.15, 0.2) is 5.82 Å². The van der Waals surface area contributed by atoms with Crippen molar-refractivity contribution >= 4 is 11.5 Å². The third-order valence-electron chi connectivity index (χ3n) is 1.53. The number of rotatable bonds is 2. The van der Waals surface area contributed by atoms with Gasteiger partial charge in [0.25, 0.3) is 0 Å². The Kier molecular flexibility index (Phi) is 1.94. The summed E-state index contributed by atoms with van der Waals surface area (Å²) in [7, 11) is 3.68. The first-order chi connectivity index (χ1) is 5.16. The number of nitrogens with zero attached hydrogens (tertiary/aromatic N) is 2. The zero-order chi connectivity index (χ0) is 8.43. The third-order valence-corrected chi connectivity index (χ3v) is 1.53. The Labute approximate surface area is 65.8 Å². The second kappa shape index (κ2) is 2.74. The Hall–Kier alpha value is -1.32. The van der Waals surface area contributed by atoms with Gasteiger partial charge in [-0.15, -0.1) is 0 Å². The van der Waals surface area contributed by atoms with Gasteiger partial charge in [0.2, 0.25) is 0 Å². The molecule has 0 unspecified atom stereocenters. The van der Waals surface area contributed by atoms with Crippen LogP contribution in [0.5, 0.6) is 0 Å². The molecule has 0 saturated heterocycles. The van der Waals surface area contributed by atoms with E-state index in [-0.39, 0.29) is 0 Å². The van der Waals surface area contributed by atoms with E-state index in [1.165, 1.54) is 0 Å². The van der Waals surface area contributed by atoms with Crippen LogP contribution in [0.2, 0.25) is 0 Å². The standard InChI is InChI=1S/C7H12N4/c1-5(8)6-7(9-2)10-4-11(6)3/h4,8-9H,1-3H3. The van der Waals surface area contributed by atoms with E-state index in [1.54, 1.807) is 20.3 Å². The van der Waals surface area contributed by atoms with Gasteiger partial charge in [-0.25, -0.2) is 4.98 Å². The van der Waals surface area contributed by atoms with Gasteiger partial charge in [0.05, 0.1) is 12.0 Å². The van der Waals surface area contributed by atoms with E-state index >= 15 is 0 Å². The van der Waals surface area contributed by atoms with Crippen LogP contribution < -0.4 is 5.32 Å². The zero-order valence-corrected chi connectivity index (χ0v) is 6.97. The Morgan fingerprint density at radius 2 is 2.36 bits per heavy atom. The molecule has 0 aliphatic carbocycles. The maximum Gasteiger partial charge on any atom is 0.153 e. The maximum atomic E-state index is 7.44. The zero-order valence-electron chi connectivity index (χ0n) is 6.97. The summed E-state index contributed by atoms with van der Waals surface area (Å²) in [5.74, 6) is 0.764. The molecule has 2 N–H and O–H groups in total. The lowest BCUT2D eigenvalue weighted by Crippen LogP contribution is -2.04. The van der Waals surface area contributed by atoms with Crippen LogP contribution in [-0.2, 0) is 7.05 Å². The van der Waals surface area contributed by atoms with E-state index in [1.807, 2.05) is 11.6 Å². The predicted octanol–water partition coefficient (Wildman–Crippen LogP) is 0.850. The van der Waals surface area contributed by atoms with Crippen molar-refractivity contribution in [3.05, 3.63) is 12.0 Å². The molecule has 0 aliphatic rings. The molecular weight excluding hydrogens is 140 g/mol. The molecule has 1 aromatic heterocycles. The largest absolute Gasteiger partial charge is 0.371 e. The molecule has 4 nitrogen and oxygen atoms in total. The fraction of sp³-hybridized carbons (Fsp3) is 0.429. The van der Waals surface area contributed by atoms with Gasteiger partial charge in [-0.3, -0.25) is 0 Å². The summed E-state index contributed by atoms with van der Waals surface area (Å²) in [4.78, 5) is 4.07. The quantitative estimate of drug-likeness (QED) is 0.617. The minimum absolute atomic E-state index is 0.523. The highest BCUT2D eigenvalue weighted by atomic mass is 15.1. The van der Waals surface area contributed by atoms with Crippen LogP contribution >= 0.6 is 0 Å². The maximum absolute atomic E-state index is 7.44. The van der Waals surface area contributed by atoms with E-state index in [9.17, 15) is 0 Å². The molecule has 1 aromatic rings. The van der Waals surface area contributed by atoms with Crippen LogP contribution in [0, 0.1) is 5.41 Å². The second-order valence-corrected chi connectivity index (χ2v) is 2.43. The van der Waals surface area contributed by atoms with Gasteiger partial charge in [-0.1, -0.05) is 0 Å². The monoisotopic (exact) mass is 152 g/mol. The molecule has 11 heavy (non-hydrogen) atoms. The van der Waals surface area contributed by atoms with Crippen LogP contribution in [-0.4, -0.2) is 22.3 Å². The summed E-state index contributed by atoms with van der Waals surface area (Å²) in [5, 5.41) is 10.4. The van der Waals surface area contributed by atoms with Crippen LogP contribution in [0.25, 0.3) is 0 Å².